The van der Waals surface area contributed by atoms with Crippen molar-refractivity contribution in [3.63, 3.8) is 0 Å². The summed E-state index contributed by atoms with van der Waals surface area (Å²) in [6.45, 7) is 1.50. The number of fused-ring (bicyclic) bond motifs is 1. The van der Waals surface area contributed by atoms with Gasteiger partial charge in [-0.2, -0.15) is 21.9 Å². The van der Waals surface area contributed by atoms with E-state index in [0.29, 0.717) is 44.8 Å². The van der Waals surface area contributed by atoms with Crippen molar-refractivity contribution in [2.24, 2.45) is 0 Å². The van der Waals surface area contributed by atoms with Crippen LogP contribution >= 0.6 is 11.7 Å². The molecule has 0 N–H and O–H groups in total. The maximum atomic E-state index is 13.7. The average Bonchev–Trinajstić information content (AvgIpc) is 3.10. The third kappa shape index (κ3) is 3.28. The first-order valence-corrected chi connectivity index (χ1v) is 8.61. The van der Waals surface area contributed by atoms with Crippen LogP contribution in [-0.2, 0) is 24.8 Å². The number of rotatable bonds is 2. The molecule has 132 valence electrons. The van der Waals surface area contributed by atoms with E-state index in [4.69, 9.17) is 18.6 Å². The van der Waals surface area contributed by atoms with E-state index in [1.807, 2.05) is 0 Å². The lowest BCUT2D eigenvalue weighted by Gasteiger charge is -2.25. The number of nitrogens with zero attached hydrogens (tertiary/aromatic N) is 2. The number of halogens is 3. The van der Waals surface area contributed by atoms with Crippen molar-refractivity contribution < 1.29 is 31.8 Å². The molecule has 0 atom stereocenters. The van der Waals surface area contributed by atoms with Gasteiger partial charge in [-0.15, -0.1) is 0 Å². The minimum atomic E-state index is -4.60. The second kappa shape index (κ2) is 6.84. The molecule has 0 unspecified atom stereocenters. The zero-order valence-electron chi connectivity index (χ0n) is 13.0. The van der Waals surface area contributed by atoms with Crippen molar-refractivity contribution in [2.45, 2.75) is 19.0 Å². The van der Waals surface area contributed by atoms with Gasteiger partial charge in [0.25, 0.3) is 0 Å². The van der Waals surface area contributed by atoms with Gasteiger partial charge < -0.3 is 18.6 Å². The summed E-state index contributed by atoms with van der Waals surface area (Å²) in [5.74, 6) is 0. The molecule has 2 saturated heterocycles. The molecule has 25 heavy (non-hydrogen) atoms. The van der Waals surface area contributed by atoms with E-state index in [1.54, 1.807) is 0 Å². The monoisotopic (exact) mass is 372 g/mol. The Labute approximate surface area is 146 Å². The van der Waals surface area contributed by atoms with Gasteiger partial charge in [-0.05, 0) is 18.9 Å². The van der Waals surface area contributed by atoms with Crippen LogP contribution in [0.1, 0.15) is 18.4 Å². The summed E-state index contributed by atoms with van der Waals surface area (Å²) in [6, 6.07) is 1.02. The molecule has 2 aromatic rings. The van der Waals surface area contributed by atoms with Gasteiger partial charge in [0.15, 0.2) is 0 Å². The van der Waals surface area contributed by atoms with Crippen LogP contribution in [-0.4, -0.2) is 49.4 Å². The van der Waals surface area contributed by atoms with Crippen molar-refractivity contribution in [1.29, 1.82) is 0 Å². The summed E-state index contributed by atoms with van der Waals surface area (Å²) < 4.78 is 71.3. The van der Waals surface area contributed by atoms with Crippen molar-refractivity contribution in [3.8, 4) is 0 Å². The number of aromatic nitrogens is 2. The molecule has 0 radical (unpaired) electrons. The van der Waals surface area contributed by atoms with E-state index < -0.39 is 26.0 Å². The standard InChI is InChI=1S/C13H13B2F3N2O4S/c16-13(17,18)8-7-9(14-21-3-1-4-22-14)11-12(20-25-19-11)10(8)15-23-5-2-6-24-15/h7H,1-6H2. The Hall–Kier alpha value is -1.20. The molecule has 12 heteroatoms. The Kier molecular flexibility index (Phi) is 4.71. The molecule has 2 aliphatic rings. The fraction of sp³-hybridized carbons (Fsp3) is 0.538. The number of hydrogen-bond donors (Lipinski definition) is 0. The maximum Gasteiger partial charge on any atom is 0.496 e. The first-order chi connectivity index (χ1) is 12.1. The fourth-order valence-electron chi connectivity index (χ4n) is 2.96. The van der Waals surface area contributed by atoms with Gasteiger partial charge in [-0.3, -0.25) is 0 Å². The van der Waals surface area contributed by atoms with Gasteiger partial charge in [0, 0.05) is 37.4 Å². The maximum absolute atomic E-state index is 13.7. The minimum Gasteiger partial charge on any atom is -0.407 e. The van der Waals surface area contributed by atoms with Crippen LogP contribution in [0.25, 0.3) is 11.0 Å². The Morgan fingerprint density at radius 2 is 1.44 bits per heavy atom. The summed E-state index contributed by atoms with van der Waals surface area (Å²) in [4.78, 5) is 0. The molecule has 0 amide bonds. The lowest BCUT2D eigenvalue weighted by Crippen LogP contribution is -2.48. The molecule has 3 heterocycles. The first-order valence-electron chi connectivity index (χ1n) is 7.88. The van der Waals surface area contributed by atoms with Crippen LogP contribution in [0.4, 0.5) is 13.2 Å². The molecule has 6 nitrogen and oxygen atoms in total. The van der Waals surface area contributed by atoms with Crippen molar-refractivity contribution in [1.82, 2.24) is 8.75 Å². The number of hydrogen-bond acceptors (Lipinski definition) is 7. The highest BCUT2D eigenvalue weighted by Gasteiger charge is 2.43. The third-order valence-corrected chi connectivity index (χ3v) is 4.58. The molecule has 2 aliphatic heterocycles. The summed E-state index contributed by atoms with van der Waals surface area (Å²) in [5, 5.41) is 0. The van der Waals surface area contributed by atoms with E-state index in [-0.39, 0.29) is 16.4 Å². The number of benzene rings is 1. The van der Waals surface area contributed by atoms with E-state index in [0.717, 1.165) is 17.8 Å². The Bertz CT molecular complexity index is 764. The first kappa shape index (κ1) is 17.2. The number of alkyl halides is 3. The van der Waals surface area contributed by atoms with Crippen molar-refractivity contribution >= 4 is 47.9 Å². The van der Waals surface area contributed by atoms with E-state index in [9.17, 15) is 13.2 Å². The summed E-state index contributed by atoms with van der Waals surface area (Å²) in [6.07, 6.45) is -3.26. The quantitative estimate of drug-likeness (QED) is 0.733. The van der Waals surface area contributed by atoms with Crippen LogP contribution in [0.15, 0.2) is 6.07 Å². The highest BCUT2D eigenvalue weighted by atomic mass is 32.1. The normalized spacial score (nSPS) is 19.6. The van der Waals surface area contributed by atoms with Gasteiger partial charge in [-0.25, -0.2) is 0 Å². The molecule has 0 spiro atoms. The third-order valence-electron chi connectivity index (χ3n) is 4.06. The smallest absolute Gasteiger partial charge is 0.407 e. The summed E-state index contributed by atoms with van der Waals surface area (Å²) >= 11 is 0.839. The summed E-state index contributed by atoms with van der Waals surface area (Å²) in [7, 11) is -2.00. The lowest BCUT2D eigenvalue weighted by atomic mass is 9.69. The van der Waals surface area contributed by atoms with E-state index >= 15 is 0 Å². The van der Waals surface area contributed by atoms with Crippen LogP contribution in [0, 0.1) is 0 Å². The fourth-order valence-corrected chi connectivity index (χ4v) is 3.54. The molecule has 0 saturated carbocycles. The zero-order chi connectivity index (χ0) is 17.4. The molecule has 1 aromatic carbocycles. The molecule has 1 aromatic heterocycles. The highest BCUT2D eigenvalue weighted by molar-refractivity contribution is 7.00. The molecule has 2 fully saturated rings. The lowest BCUT2D eigenvalue weighted by molar-refractivity contribution is -0.136. The molecule has 0 aliphatic carbocycles. The zero-order valence-corrected chi connectivity index (χ0v) is 13.9. The van der Waals surface area contributed by atoms with Crippen molar-refractivity contribution in [3.05, 3.63) is 11.6 Å². The largest absolute Gasteiger partial charge is 0.496 e. The van der Waals surface area contributed by atoms with Crippen LogP contribution in [0.5, 0.6) is 0 Å². The Morgan fingerprint density at radius 3 is 2.04 bits per heavy atom. The second-order valence-corrected chi connectivity index (χ2v) is 6.27. The van der Waals surface area contributed by atoms with E-state index in [2.05, 4.69) is 8.75 Å². The molecular formula is C13H13B2F3N2O4S. The SMILES string of the molecule is FC(F)(F)c1cc(B2OCCCO2)c2nsnc2c1B1OCCCO1. The highest BCUT2D eigenvalue weighted by Crippen LogP contribution is 2.30. The predicted octanol–water partition coefficient (Wildman–Crippen LogP) is 0.974. The average molecular weight is 372 g/mol. The van der Waals surface area contributed by atoms with Gasteiger partial charge in [0.2, 0.25) is 0 Å². The van der Waals surface area contributed by atoms with Gasteiger partial charge in [0.1, 0.15) is 11.0 Å². The van der Waals surface area contributed by atoms with Crippen LogP contribution in [0.2, 0.25) is 0 Å². The van der Waals surface area contributed by atoms with Crippen LogP contribution < -0.4 is 10.9 Å². The second-order valence-electron chi connectivity index (χ2n) is 5.74. The molecule has 4 rings (SSSR count). The van der Waals surface area contributed by atoms with E-state index in [1.165, 1.54) is 0 Å². The van der Waals surface area contributed by atoms with Gasteiger partial charge in [-0.1, -0.05) is 0 Å². The topological polar surface area (TPSA) is 62.7 Å². The van der Waals surface area contributed by atoms with Crippen LogP contribution in [0.3, 0.4) is 0 Å². The predicted molar refractivity (Wildman–Crippen MR) is 86.2 cm³/mol. The Morgan fingerprint density at radius 1 is 0.880 bits per heavy atom. The van der Waals surface area contributed by atoms with Gasteiger partial charge >= 0.3 is 20.4 Å². The Balaban J connectivity index is 1.89. The minimum absolute atomic E-state index is 0.125. The molecular weight excluding hydrogens is 359 g/mol. The van der Waals surface area contributed by atoms with Crippen molar-refractivity contribution in [2.75, 3.05) is 26.4 Å². The van der Waals surface area contributed by atoms with Gasteiger partial charge in [0.05, 0.1) is 17.3 Å². The summed E-state index contributed by atoms with van der Waals surface area (Å²) in [5.41, 5.74) is -0.296. The molecule has 0 bridgehead atoms.